The van der Waals surface area contributed by atoms with Gasteiger partial charge in [0.25, 0.3) is 0 Å². The van der Waals surface area contributed by atoms with Crippen molar-refractivity contribution < 1.29 is 9.59 Å². The van der Waals surface area contributed by atoms with Crippen LogP contribution in [0.4, 0.5) is 0 Å². The molecular formula is C19H26O2. The predicted molar refractivity (Wildman–Crippen MR) is 81.6 cm³/mol. The molecule has 0 unspecified atom stereocenters. The fraction of sp³-hybridized carbons (Fsp3) is 0.789. The van der Waals surface area contributed by atoms with E-state index in [1.165, 1.54) is 12.0 Å². The quantitative estimate of drug-likeness (QED) is 0.676. The first-order valence-corrected chi connectivity index (χ1v) is 8.66. The summed E-state index contributed by atoms with van der Waals surface area (Å²) in [6, 6.07) is 0. The molecule has 114 valence electrons. The van der Waals surface area contributed by atoms with Crippen LogP contribution in [0, 0.1) is 34.5 Å². The fourth-order valence-corrected chi connectivity index (χ4v) is 6.60. The summed E-state index contributed by atoms with van der Waals surface area (Å²) >= 11 is 0. The molecule has 0 aromatic rings. The number of carbonyl (C=O) groups is 2. The first-order chi connectivity index (χ1) is 9.88. The first-order valence-electron chi connectivity index (χ1n) is 8.66. The molecule has 0 aromatic heterocycles. The van der Waals surface area contributed by atoms with Crippen LogP contribution < -0.4 is 0 Å². The molecule has 4 aliphatic carbocycles. The lowest BCUT2D eigenvalue weighted by Gasteiger charge is -2.47. The second-order valence-corrected chi connectivity index (χ2v) is 8.48. The largest absolute Gasteiger partial charge is 0.299 e. The molecule has 0 heterocycles. The number of hydrogen-bond acceptors (Lipinski definition) is 2. The molecule has 4 rings (SSSR count). The fourth-order valence-electron chi connectivity index (χ4n) is 6.60. The number of rotatable bonds is 0. The van der Waals surface area contributed by atoms with Gasteiger partial charge >= 0.3 is 0 Å². The Morgan fingerprint density at radius 1 is 1.00 bits per heavy atom. The van der Waals surface area contributed by atoms with E-state index in [0.29, 0.717) is 35.2 Å². The van der Waals surface area contributed by atoms with Gasteiger partial charge < -0.3 is 0 Å². The lowest BCUT2D eigenvalue weighted by atomic mass is 9.56. The Morgan fingerprint density at radius 3 is 2.48 bits per heavy atom. The number of carbonyl (C=O) groups excluding carboxylic acids is 2. The van der Waals surface area contributed by atoms with E-state index in [2.05, 4.69) is 20.8 Å². The number of allylic oxidation sites excluding steroid dienone is 2. The van der Waals surface area contributed by atoms with E-state index in [1.807, 2.05) is 6.08 Å². The maximum Gasteiger partial charge on any atom is 0.155 e. The third-order valence-corrected chi connectivity index (χ3v) is 7.79. The monoisotopic (exact) mass is 286 g/mol. The molecule has 0 saturated heterocycles. The third-order valence-electron chi connectivity index (χ3n) is 7.79. The smallest absolute Gasteiger partial charge is 0.155 e. The Morgan fingerprint density at radius 2 is 1.71 bits per heavy atom. The minimum Gasteiger partial charge on any atom is -0.299 e. The van der Waals surface area contributed by atoms with Crippen molar-refractivity contribution in [2.45, 2.75) is 59.3 Å². The van der Waals surface area contributed by atoms with E-state index in [4.69, 9.17) is 0 Å². The molecule has 0 aliphatic heterocycles. The number of ketones is 2. The topological polar surface area (TPSA) is 34.1 Å². The predicted octanol–water partition coefficient (Wildman–Crippen LogP) is 3.94. The van der Waals surface area contributed by atoms with Gasteiger partial charge in [0.05, 0.1) is 0 Å². The Hall–Kier alpha value is -0.920. The van der Waals surface area contributed by atoms with Gasteiger partial charge in [-0.25, -0.2) is 0 Å². The summed E-state index contributed by atoms with van der Waals surface area (Å²) in [6.07, 6.45) is 7.83. The van der Waals surface area contributed by atoms with Crippen LogP contribution in [0.15, 0.2) is 11.6 Å². The lowest BCUT2D eigenvalue weighted by molar-refractivity contribution is -0.130. The molecule has 3 saturated carbocycles. The van der Waals surface area contributed by atoms with Gasteiger partial charge in [-0.3, -0.25) is 9.59 Å². The van der Waals surface area contributed by atoms with Gasteiger partial charge in [0.1, 0.15) is 5.78 Å². The van der Waals surface area contributed by atoms with Gasteiger partial charge in [0, 0.05) is 18.3 Å². The standard InChI is InChI=1S/C19H26O2/c1-11-15-10-12(20)6-8-18(15,2)14-7-9-19(3)13(17(11)14)4-5-16(19)21/h10-11,13-14,17H,4-9H2,1-3H3/t11-,13+,14+,17-,18-,19-/m1/s1. The van der Waals surface area contributed by atoms with E-state index < -0.39 is 0 Å². The zero-order valence-corrected chi connectivity index (χ0v) is 13.4. The minimum atomic E-state index is -0.0656. The van der Waals surface area contributed by atoms with Gasteiger partial charge in [-0.1, -0.05) is 26.3 Å². The summed E-state index contributed by atoms with van der Waals surface area (Å²) in [7, 11) is 0. The average molecular weight is 286 g/mol. The first kappa shape index (κ1) is 13.7. The van der Waals surface area contributed by atoms with Crippen LogP contribution in [0.3, 0.4) is 0 Å². The summed E-state index contributed by atoms with van der Waals surface area (Å²) in [5.74, 6) is 3.17. The molecule has 0 radical (unpaired) electrons. The number of hydrogen-bond donors (Lipinski definition) is 0. The van der Waals surface area contributed by atoms with E-state index >= 15 is 0 Å². The highest BCUT2D eigenvalue weighted by Gasteiger charge is 2.63. The summed E-state index contributed by atoms with van der Waals surface area (Å²) < 4.78 is 0. The Balaban J connectivity index is 1.79. The van der Waals surface area contributed by atoms with Crippen LogP contribution in [0.5, 0.6) is 0 Å². The van der Waals surface area contributed by atoms with Crippen molar-refractivity contribution in [3.8, 4) is 0 Å². The number of fused-ring (bicyclic) bond motifs is 5. The van der Waals surface area contributed by atoms with E-state index in [1.54, 1.807) is 0 Å². The third kappa shape index (κ3) is 1.54. The highest BCUT2D eigenvalue weighted by atomic mass is 16.1. The van der Waals surface area contributed by atoms with Crippen molar-refractivity contribution in [3.63, 3.8) is 0 Å². The van der Waals surface area contributed by atoms with Crippen LogP contribution in [-0.4, -0.2) is 11.6 Å². The zero-order valence-electron chi connectivity index (χ0n) is 13.4. The summed E-state index contributed by atoms with van der Waals surface area (Å²) in [6.45, 7) is 6.94. The minimum absolute atomic E-state index is 0.0656. The molecular weight excluding hydrogens is 260 g/mol. The summed E-state index contributed by atoms with van der Waals surface area (Å²) in [5.41, 5.74) is 1.58. The molecule has 0 N–H and O–H groups in total. The number of Topliss-reactive ketones (excluding diaryl/α,β-unsaturated/α-hetero) is 1. The SMILES string of the molecule is C[C@@H]1C2=CC(=O)CC[C@]2(C)[C@H]2CC[C@@]3(C)C(=O)CC[C@H]3[C@@H]12. The van der Waals surface area contributed by atoms with Crippen molar-refractivity contribution in [1.82, 2.24) is 0 Å². The van der Waals surface area contributed by atoms with Crippen molar-refractivity contribution in [2.24, 2.45) is 34.5 Å². The van der Waals surface area contributed by atoms with Gasteiger partial charge in [0.15, 0.2) is 5.78 Å². The van der Waals surface area contributed by atoms with Gasteiger partial charge in [-0.15, -0.1) is 0 Å². The zero-order chi connectivity index (χ0) is 15.0. The van der Waals surface area contributed by atoms with E-state index in [9.17, 15) is 9.59 Å². The second-order valence-electron chi connectivity index (χ2n) is 8.48. The highest BCUT2D eigenvalue weighted by molar-refractivity contribution is 5.92. The Kier molecular flexibility index (Phi) is 2.67. The van der Waals surface area contributed by atoms with Gasteiger partial charge in [0.2, 0.25) is 0 Å². The normalized spacial score (nSPS) is 52.2. The van der Waals surface area contributed by atoms with E-state index in [0.717, 1.165) is 32.1 Å². The second kappa shape index (κ2) is 4.08. The Bertz CT molecular complexity index is 560. The molecule has 2 heteroatoms. The molecule has 0 spiro atoms. The maximum atomic E-state index is 12.4. The lowest BCUT2D eigenvalue weighted by Crippen LogP contribution is -2.43. The van der Waals surface area contributed by atoms with Crippen LogP contribution in [0.25, 0.3) is 0 Å². The molecule has 6 atom stereocenters. The van der Waals surface area contributed by atoms with Crippen molar-refractivity contribution in [2.75, 3.05) is 0 Å². The maximum absolute atomic E-state index is 12.4. The van der Waals surface area contributed by atoms with Crippen LogP contribution in [0.1, 0.15) is 59.3 Å². The highest BCUT2D eigenvalue weighted by Crippen LogP contribution is 2.68. The van der Waals surface area contributed by atoms with Crippen LogP contribution >= 0.6 is 0 Å². The molecule has 3 fully saturated rings. The molecule has 0 amide bonds. The molecule has 2 nitrogen and oxygen atoms in total. The van der Waals surface area contributed by atoms with Crippen molar-refractivity contribution in [1.29, 1.82) is 0 Å². The van der Waals surface area contributed by atoms with Gasteiger partial charge in [-0.2, -0.15) is 0 Å². The van der Waals surface area contributed by atoms with Gasteiger partial charge in [-0.05, 0) is 60.8 Å². The molecule has 21 heavy (non-hydrogen) atoms. The van der Waals surface area contributed by atoms with Crippen molar-refractivity contribution >= 4 is 11.6 Å². The van der Waals surface area contributed by atoms with Crippen LogP contribution in [0.2, 0.25) is 0 Å². The average Bonchev–Trinajstić information content (AvgIpc) is 2.86. The van der Waals surface area contributed by atoms with E-state index in [-0.39, 0.29) is 10.8 Å². The Labute approximate surface area is 127 Å². The molecule has 0 aromatic carbocycles. The summed E-state index contributed by atoms with van der Waals surface area (Å²) in [5, 5.41) is 0. The van der Waals surface area contributed by atoms with Crippen LogP contribution in [-0.2, 0) is 9.59 Å². The van der Waals surface area contributed by atoms with Crippen molar-refractivity contribution in [3.05, 3.63) is 11.6 Å². The molecule has 0 bridgehead atoms. The molecule has 4 aliphatic rings. The summed E-state index contributed by atoms with van der Waals surface area (Å²) in [4.78, 5) is 24.3.